The molecule has 3 aromatic rings. The molecule has 0 N–H and O–H groups in total. The van der Waals surface area contributed by atoms with Gasteiger partial charge >= 0.3 is 0 Å². The normalized spacial score (nSPS) is 13.3. The molecule has 0 spiro atoms. The molecule has 4 rings (SSSR count). The Balaban J connectivity index is 1.88. The topological polar surface area (TPSA) is 37.4 Å². The van der Waals surface area contributed by atoms with Gasteiger partial charge in [-0.1, -0.05) is 60.7 Å². The molecule has 0 fully saturated rings. The molecule has 0 aromatic heterocycles. The predicted octanol–water partition coefficient (Wildman–Crippen LogP) is 4.77. The van der Waals surface area contributed by atoms with Crippen LogP contribution in [0.15, 0.2) is 72.8 Å². The SMILES string of the molecule is CN(c1cccc(C=C2c3ccccc3CCc3ccccc32)c1)S(C)(=O)=O. The molecule has 3 aromatic carbocycles. The van der Waals surface area contributed by atoms with Crippen molar-refractivity contribution < 1.29 is 8.42 Å². The number of sulfonamides is 1. The van der Waals surface area contributed by atoms with Crippen LogP contribution in [-0.4, -0.2) is 21.7 Å². The minimum atomic E-state index is -3.30. The third-order valence-corrected chi connectivity index (χ3v) is 6.53. The summed E-state index contributed by atoms with van der Waals surface area (Å²) in [6, 6.07) is 24.7. The summed E-state index contributed by atoms with van der Waals surface area (Å²) in [6.45, 7) is 0. The van der Waals surface area contributed by atoms with Crippen LogP contribution in [0, 0.1) is 0 Å². The first kappa shape index (κ1) is 18.5. The van der Waals surface area contributed by atoms with Crippen LogP contribution in [0.1, 0.15) is 27.8 Å². The number of hydrogen-bond donors (Lipinski definition) is 0. The first-order valence-corrected chi connectivity index (χ1v) is 11.2. The van der Waals surface area contributed by atoms with E-state index >= 15 is 0 Å². The predicted molar refractivity (Wildman–Crippen MR) is 117 cm³/mol. The fraction of sp³-hybridized carbons (Fsp3) is 0.167. The molecular formula is C24H23NO2S. The van der Waals surface area contributed by atoms with E-state index in [1.165, 1.54) is 38.4 Å². The average Bonchev–Trinajstić information content (AvgIpc) is 2.85. The zero-order valence-corrected chi connectivity index (χ0v) is 16.9. The number of anilines is 1. The summed E-state index contributed by atoms with van der Waals surface area (Å²) in [6.07, 6.45) is 5.42. The molecule has 0 bridgehead atoms. The van der Waals surface area contributed by atoms with E-state index in [9.17, 15) is 8.42 Å². The summed E-state index contributed by atoms with van der Waals surface area (Å²) < 4.78 is 25.1. The van der Waals surface area contributed by atoms with E-state index in [0.717, 1.165) is 18.4 Å². The van der Waals surface area contributed by atoms with Crippen LogP contribution < -0.4 is 4.31 Å². The van der Waals surface area contributed by atoms with Crippen molar-refractivity contribution in [3.63, 3.8) is 0 Å². The van der Waals surface area contributed by atoms with Crippen LogP contribution in [0.5, 0.6) is 0 Å². The van der Waals surface area contributed by atoms with Gasteiger partial charge in [-0.15, -0.1) is 0 Å². The summed E-state index contributed by atoms with van der Waals surface area (Å²) in [7, 11) is -1.72. The number of hydrogen-bond acceptors (Lipinski definition) is 2. The van der Waals surface area contributed by atoms with Crippen molar-refractivity contribution in [3.8, 4) is 0 Å². The molecule has 1 aliphatic rings. The van der Waals surface area contributed by atoms with E-state index in [0.29, 0.717) is 5.69 Å². The summed E-state index contributed by atoms with van der Waals surface area (Å²) in [5.74, 6) is 0. The molecular weight excluding hydrogens is 366 g/mol. The summed E-state index contributed by atoms with van der Waals surface area (Å²) in [5, 5.41) is 0. The second-order valence-corrected chi connectivity index (χ2v) is 9.21. The van der Waals surface area contributed by atoms with Gasteiger partial charge in [-0.2, -0.15) is 0 Å². The van der Waals surface area contributed by atoms with Crippen LogP contribution >= 0.6 is 0 Å². The van der Waals surface area contributed by atoms with E-state index in [-0.39, 0.29) is 0 Å². The molecule has 0 heterocycles. The maximum atomic E-state index is 11.9. The van der Waals surface area contributed by atoms with Gasteiger partial charge in [0.15, 0.2) is 0 Å². The van der Waals surface area contributed by atoms with Crippen LogP contribution in [0.4, 0.5) is 5.69 Å². The highest BCUT2D eigenvalue weighted by atomic mass is 32.2. The Morgan fingerprint density at radius 2 is 1.39 bits per heavy atom. The summed E-state index contributed by atoms with van der Waals surface area (Å²) in [4.78, 5) is 0. The number of nitrogens with zero attached hydrogens (tertiary/aromatic N) is 1. The van der Waals surface area contributed by atoms with Crippen LogP contribution in [0.2, 0.25) is 0 Å². The molecule has 3 nitrogen and oxygen atoms in total. The molecule has 0 radical (unpaired) electrons. The summed E-state index contributed by atoms with van der Waals surface area (Å²) >= 11 is 0. The second-order valence-electron chi connectivity index (χ2n) is 7.20. The molecule has 0 unspecified atom stereocenters. The van der Waals surface area contributed by atoms with Gasteiger partial charge in [-0.05, 0) is 64.4 Å². The largest absolute Gasteiger partial charge is 0.274 e. The number of aryl methyl sites for hydroxylation is 2. The second kappa shape index (κ2) is 7.28. The maximum Gasteiger partial charge on any atom is 0.231 e. The van der Waals surface area contributed by atoms with Gasteiger partial charge in [0.2, 0.25) is 10.0 Å². The lowest BCUT2D eigenvalue weighted by molar-refractivity contribution is 0.600. The van der Waals surface area contributed by atoms with Crippen LogP contribution in [-0.2, 0) is 22.9 Å². The molecule has 0 atom stereocenters. The Morgan fingerprint density at radius 1 is 0.821 bits per heavy atom. The minimum absolute atomic E-state index is 0.659. The van der Waals surface area contributed by atoms with E-state index in [1.54, 1.807) is 7.05 Å². The Kier molecular flexibility index (Phi) is 4.82. The van der Waals surface area contributed by atoms with Gasteiger partial charge in [0.25, 0.3) is 0 Å². The molecule has 28 heavy (non-hydrogen) atoms. The van der Waals surface area contributed by atoms with Crippen LogP contribution in [0.3, 0.4) is 0 Å². The number of rotatable bonds is 3. The lowest BCUT2D eigenvalue weighted by atomic mass is 9.92. The van der Waals surface area contributed by atoms with Gasteiger partial charge in [0, 0.05) is 7.05 Å². The van der Waals surface area contributed by atoms with Gasteiger partial charge in [0.05, 0.1) is 11.9 Å². The third kappa shape index (κ3) is 3.60. The fourth-order valence-corrected chi connectivity index (χ4v) is 4.24. The Morgan fingerprint density at radius 3 is 1.96 bits per heavy atom. The molecule has 4 heteroatoms. The Hall–Kier alpha value is -2.85. The minimum Gasteiger partial charge on any atom is -0.274 e. The highest BCUT2D eigenvalue weighted by Gasteiger charge is 2.18. The zero-order valence-electron chi connectivity index (χ0n) is 16.1. The average molecular weight is 390 g/mol. The van der Waals surface area contributed by atoms with Crippen molar-refractivity contribution in [1.29, 1.82) is 0 Å². The third-order valence-electron chi connectivity index (χ3n) is 5.32. The van der Waals surface area contributed by atoms with Gasteiger partial charge < -0.3 is 0 Å². The standard InChI is InChI=1S/C24H23NO2S/c1-25(28(2,26)27)21-11-7-8-18(16-21)17-24-22-12-5-3-9-19(22)14-15-20-10-4-6-13-23(20)24/h3-13,16-17H,14-15H2,1-2H3. The van der Waals surface area contributed by atoms with Gasteiger partial charge in [0.1, 0.15) is 0 Å². The van der Waals surface area contributed by atoms with E-state index in [2.05, 4.69) is 54.6 Å². The highest BCUT2D eigenvalue weighted by Crippen LogP contribution is 2.35. The highest BCUT2D eigenvalue weighted by molar-refractivity contribution is 7.92. The monoisotopic (exact) mass is 389 g/mol. The molecule has 0 saturated heterocycles. The van der Waals surface area contributed by atoms with Crippen molar-refractivity contribution in [2.24, 2.45) is 0 Å². The molecule has 0 amide bonds. The van der Waals surface area contributed by atoms with E-state index in [4.69, 9.17) is 0 Å². The van der Waals surface area contributed by atoms with Crippen molar-refractivity contribution in [3.05, 3.63) is 101 Å². The first-order chi connectivity index (χ1) is 13.4. The summed E-state index contributed by atoms with van der Waals surface area (Å²) in [5.41, 5.74) is 8.00. The van der Waals surface area contributed by atoms with Crippen molar-refractivity contribution in [1.82, 2.24) is 0 Å². The molecule has 142 valence electrons. The van der Waals surface area contributed by atoms with Crippen molar-refractivity contribution >= 4 is 27.4 Å². The van der Waals surface area contributed by atoms with Crippen LogP contribution in [0.25, 0.3) is 11.6 Å². The first-order valence-electron chi connectivity index (χ1n) is 9.36. The lowest BCUT2D eigenvalue weighted by Crippen LogP contribution is -2.24. The van der Waals surface area contributed by atoms with Gasteiger partial charge in [-0.25, -0.2) is 8.42 Å². The molecule has 1 aliphatic carbocycles. The Labute approximate surface area is 167 Å². The lowest BCUT2D eigenvalue weighted by Gasteiger charge is -2.17. The Bertz CT molecular complexity index is 1110. The van der Waals surface area contributed by atoms with Crippen molar-refractivity contribution in [2.75, 3.05) is 17.6 Å². The number of benzene rings is 3. The van der Waals surface area contributed by atoms with E-state index in [1.807, 2.05) is 24.3 Å². The number of fused-ring (bicyclic) bond motifs is 2. The van der Waals surface area contributed by atoms with Crippen molar-refractivity contribution in [2.45, 2.75) is 12.8 Å². The van der Waals surface area contributed by atoms with E-state index < -0.39 is 10.0 Å². The zero-order chi connectivity index (χ0) is 19.7. The van der Waals surface area contributed by atoms with Gasteiger partial charge in [-0.3, -0.25) is 4.31 Å². The molecule has 0 aliphatic heterocycles. The quantitative estimate of drug-likeness (QED) is 0.647. The fourth-order valence-electron chi connectivity index (χ4n) is 3.74. The molecule has 0 saturated carbocycles. The smallest absolute Gasteiger partial charge is 0.231 e. The maximum absolute atomic E-state index is 11.9.